The molecule has 0 aliphatic rings. The molecule has 4 heteroatoms. The summed E-state index contributed by atoms with van der Waals surface area (Å²) in [5, 5.41) is 0. The SMILES string of the molecule is CCOC(=O)CCc1ccc(CN(C)C)o1. The predicted octanol–water partition coefficient (Wildman–Crippen LogP) is 1.84. The fraction of sp³-hybridized carbons (Fsp3) is 0.583. The minimum Gasteiger partial charge on any atom is -0.466 e. The summed E-state index contributed by atoms with van der Waals surface area (Å²) in [7, 11) is 3.97. The van der Waals surface area contributed by atoms with Crippen LogP contribution < -0.4 is 0 Å². The summed E-state index contributed by atoms with van der Waals surface area (Å²) in [5.41, 5.74) is 0. The van der Waals surface area contributed by atoms with Crippen molar-refractivity contribution in [2.24, 2.45) is 0 Å². The molecule has 0 N–H and O–H groups in total. The number of hydrogen-bond donors (Lipinski definition) is 0. The third-order valence-electron chi connectivity index (χ3n) is 2.07. The summed E-state index contributed by atoms with van der Waals surface area (Å²) in [6.07, 6.45) is 0.981. The van der Waals surface area contributed by atoms with Crippen molar-refractivity contribution in [2.75, 3.05) is 20.7 Å². The van der Waals surface area contributed by atoms with Gasteiger partial charge in [-0.1, -0.05) is 0 Å². The molecule has 0 fully saturated rings. The van der Waals surface area contributed by atoms with E-state index >= 15 is 0 Å². The van der Waals surface area contributed by atoms with Crippen molar-refractivity contribution in [1.82, 2.24) is 4.90 Å². The van der Waals surface area contributed by atoms with E-state index in [-0.39, 0.29) is 5.97 Å². The van der Waals surface area contributed by atoms with Crippen LogP contribution >= 0.6 is 0 Å². The molecule has 0 aromatic carbocycles. The molecule has 1 aromatic heterocycles. The first kappa shape index (κ1) is 12.8. The molecule has 0 unspecified atom stereocenters. The van der Waals surface area contributed by atoms with Crippen molar-refractivity contribution in [3.8, 4) is 0 Å². The number of ether oxygens (including phenoxy) is 1. The minimum absolute atomic E-state index is 0.173. The van der Waals surface area contributed by atoms with Gasteiger partial charge >= 0.3 is 5.97 Å². The number of rotatable bonds is 6. The normalized spacial score (nSPS) is 10.8. The first-order chi connectivity index (χ1) is 7.61. The molecule has 0 radical (unpaired) electrons. The highest BCUT2D eigenvalue weighted by Crippen LogP contribution is 2.11. The highest BCUT2D eigenvalue weighted by Gasteiger charge is 2.06. The molecule has 0 saturated heterocycles. The van der Waals surface area contributed by atoms with Gasteiger partial charge in [-0.3, -0.25) is 4.79 Å². The fourth-order valence-corrected chi connectivity index (χ4v) is 1.41. The molecule has 0 aliphatic carbocycles. The second kappa shape index (κ2) is 6.33. The lowest BCUT2D eigenvalue weighted by atomic mass is 10.2. The van der Waals surface area contributed by atoms with Gasteiger partial charge in [0.25, 0.3) is 0 Å². The molecule has 0 aliphatic heterocycles. The lowest BCUT2D eigenvalue weighted by molar-refractivity contribution is -0.143. The number of esters is 1. The fourth-order valence-electron chi connectivity index (χ4n) is 1.41. The number of aryl methyl sites for hydroxylation is 1. The summed E-state index contributed by atoms with van der Waals surface area (Å²) >= 11 is 0. The molecular weight excluding hydrogens is 206 g/mol. The lowest BCUT2D eigenvalue weighted by Crippen LogP contribution is -2.09. The van der Waals surface area contributed by atoms with Crippen LogP contribution in [0.15, 0.2) is 16.5 Å². The van der Waals surface area contributed by atoms with Crippen LogP contribution in [0.3, 0.4) is 0 Å². The van der Waals surface area contributed by atoms with Gasteiger partial charge in [0.2, 0.25) is 0 Å². The van der Waals surface area contributed by atoms with Crippen LogP contribution in [0.2, 0.25) is 0 Å². The van der Waals surface area contributed by atoms with Gasteiger partial charge in [0.05, 0.1) is 19.6 Å². The Morgan fingerprint density at radius 1 is 1.38 bits per heavy atom. The largest absolute Gasteiger partial charge is 0.466 e. The zero-order chi connectivity index (χ0) is 12.0. The number of hydrogen-bond acceptors (Lipinski definition) is 4. The van der Waals surface area contributed by atoms with Crippen LogP contribution in [-0.2, 0) is 22.5 Å². The van der Waals surface area contributed by atoms with Gasteiger partial charge in [-0.2, -0.15) is 0 Å². The number of carbonyl (C=O) groups excluding carboxylic acids is 1. The van der Waals surface area contributed by atoms with Gasteiger partial charge < -0.3 is 14.1 Å². The van der Waals surface area contributed by atoms with Crippen molar-refractivity contribution in [3.63, 3.8) is 0 Å². The van der Waals surface area contributed by atoms with Crippen molar-refractivity contribution in [2.45, 2.75) is 26.3 Å². The molecule has 0 atom stereocenters. The molecule has 16 heavy (non-hydrogen) atoms. The van der Waals surface area contributed by atoms with E-state index in [0.29, 0.717) is 19.4 Å². The summed E-state index contributed by atoms with van der Waals surface area (Å²) in [4.78, 5) is 13.2. The van der Waals surface area contributed by atoms with Gasteiger partial charge in [0.1, 0.15) is 11.5 Å². The molecule has 0 bridgehead atoms. The summed E-state index contributed by atoms with van der Waals surface area (Å²) in [6.45, 7) is 3.02. The van der Waals surface area contributed by atoms with Crippen LogP contribution in [0.25, 0.3) is 0 Å². The van der Waals surface area contributed by atoms with E-state index in [9.17, 15) is 4.79 Å². The predicted molar refractivity (Wildman–Crippen MR) is 61.1 cm³/mol. The Labute approximate surface area is 96.2 Å². The third-order valence-corrected chi connectivity index (χ3v) is 2.07. The Morgan fingerprint density at radius 2 is 2.06 bits per heavy atom. The average Bonchev–Trinajstić information content (AvgIpc) is 2.62. The van der Waals surface area contributed by atoms with E-state index in [1.54, 1.807) is 6.92 Å². The maximum Gasteiger partial charge on any atom is 0.306 e. The van der Waals surface area contributed by atoms with E-state index in [1.165, 1.54) is 0 Å². The van der Waals surface area contributed by atoms with E-state index in [0.717, 1.165) is 18.1 Å². The summed E-state index contributed by atoms with van der Waals surface area (Å²) in [6, 6.07) is 3.86. The number of furan rings is 1. The van der Waals surface area contributed by atoms with E-state index in [4.69, 9.17) is 9.15 Å². The molecule has 0 spiro atoms. The molecular formula is C12H19NO3. The first-order valence-corrected chi connectivity index (χ1v) is 5.49. The molecule has 90 valence electrons. The Balaban J connectivity index is 2.37. The molecule has 1 heterocycles. The lowest BCUT2D eigenvalue weighted by Gasteiger charge is -2.05. The van der Waals surface area contributed by atoms with Crippen molar-refractivity contribution >= 4 is 5.97 Å². The Kier molecular flexibility index (Phi) is 5.05. The van der Waals surface area contributed by atoms with E-state index in [1.807, 2.05) is 31.1 Å². The minimum atomic E-state index is -0.173. The zero-order valence-electron chi connectivity index (χ0n) is 10.2. The zero-order valence-corrected chi connectivity index (χ0v) is 10.2. The molecule has 0 amide bonds. The molecule has 4 nitrogen and oxygen atoms in total. The topological polar surface area (TPSA) is 42.7 Å². The third kappa shape index (κ3) is 4.49. The van der Waals surface area contributed by atoms with Crippen LogP contribution in [-0.4, -0.2) is 31.6 Å². The van der Waals surface area contributed by atoms with E-state index < -0.39 is 0 Å². The van der Waals surface area contributed by atoms with Crippen LogP contribution in [0.4, 0.5) is 0 Å². The first-order valence-electron chi connectivity index (χ1n) is 5.49. The van der Waals surface area contributed by atoms with Crippen LogP contribution in [0.1, 0.15) is 24.9 Å². The highest BCUT2D eigenvalue weighted by atomic mass is 16.5. The molecule has 1 aromatic rings. The Morgan fingerprint density at radius 3 is 2.69 bits per heavy atom. The number of nitrogens with zero attached hydrogens (tertiary/aromatic N) is 1. The maximum absolute atomic E-state index is 11.1. The smallest absolute Gasteiger partial charge is 0.306 e. The quantitative estimate of drug-likeness (QED) is 0.693. The van der Waals surface area contributed by atoms with E-state index in [2.05, 4.69) is 0 Å². The Bertz CT molecular complexity index is 331. The van der Waals surface area contributed by atoms with Gasteiger partial charge in [-0.25, -0.2) is 0 Å². The van der Waals surface area contributed by atoms with Crippen molar-refractivity contribution in [3.05, 3.63) is 23.7 Å². The van der Waals surface area contributed by atoms with Gasteiger partial charge in [-0.15, -0.1) is 0 Å². The maximum atomic E-state index is 11.1. The van der Waals surface area contributed by atoms with Gasteiger partial charge in [0, 0.05) is 6.42 Å². The Hall–Kier alpha value is -1.29. The second-order valence-corrected chi connectivity index (χ2v) is 3.91. The van der Waals surface area contributed by atoms with Gasteiger partial charge in [0.15, 0.2) is 0 Å². The highest BCUT2D eigenvalue weighted by molar-refractivity contribution is 5.69. The number of carbonyl (C=O) groups is 1. The second-order valence-electron chi connectivity index (χ2n) is 3.91. The average molecular weight is 225 g/mol. The molecule has 0 saturated carbocycles. The monoisotopic (exact) mass is 225 g/mol. The van der Waals surface area contributed by atoms with Crippen molar-refractivity contribution < 1.29 is 13.9 Å². The van der Waals surface area contributed by atoms with Crippen LogP contribution in [0, 0.1) is 0 Å². The molecule has 1 rings (SSSR count). The van der Waals surface area contributed by atoms with Gasteiger partial charge in [-0.05, 0) is 33.2 Å². The summed E-state index contributed by atoms with van der Waals surface area (Å²) in [5.74, 6) is 1.59. The van der Waals surface area contributed by atoms with Crippen LogP contribution in [0.5, 0.6) is 0 Å². The summed E-state index contributed by atoms with van der Waals surface area (Å²) < 4.78 is 10.4. The standard InChI is InChI=1S/C12H19NO3/c1-4-15-12(14)8-7-10-5-6-11(16-10)9-13(2)3/h5-6H,4,7-9H2,1-3H3. The van der Waals surface area contributed by atoms with Crippen molar-refractivity contribution in [1.29, 1.82) is 0 Å².